The minimum Gasteiger partial charge on any atom is -0.494 e. The standard InChI is InChI=1S/C17H16FN5O2/c1-10-5-12(16-20-9-21-23-16)7-14(22-10)17(24)19-8-11-3-4-13(18)15(6-11)25-2/h3-7,9H,8H2,1-2H3,(H,19,24)(H,20,21,23). The number of halogens is 1. The summed E-state index contributed by atoms with van der Waals surface area (Å²) in [6.45, 7) is 2.02. The van der Waals surface area contributed by atoms with Crippen LogP contribution in [-0.2, 0) is 6.54 Å². The van der Waals surface area contributed by atoms with Crippen molar-refractivity contribution in [2.75, 3.05) is 7.11 Å². The van der Waals surface area contributed by atoms with Gasteiger partial charge in [0.2, 0.25) is 0 Å². The largest absolute Gasteiger partial charge is 0.494 e. The Morgan fingerprint density at radius 2 is 2.16 bits per heavy atom. The van der Waals surface area contributed by atoms with Crippen LogP contribution >= 0.6 is 0 Å². The normalized spacial score (nSPS) is 10.5. The molecule has 1 amide bonds. The van der Waals surface area contributed by atoms with E-state index < -0.39 is 5.82 Å². The third-order valence-electron chi connectivity index (χ3n) is 3.54. The van der Waals surface area contributed by atoms with E-state index in [0.29, 0.717) is 11.5 Å². The maximum Gasteiger partial charge on any atom is 0.270 e. The molecule has 2 N–H and O–H groups in total. The topological polar surface area (TPSA) is 92.8 Å². The summed E-state index contributed by atoms with van der Waals surface area (Å²) >= 11 is 0. The van der Waals surface area contributed by atoms with Crippen molar-refractivity contribution in [3.8, 4) is 17.1 Å². The Morgan fingerprint density at radius 1 is 1.32 bits per heavy atom. The smallest absolute Gasteiger partial charge is 0.270 e. The summed E-state index contributed by atoms with van der Waals surface area (Å²) in [7, 11) is 1.39. The molecule has 0 fully saturated rings. The molecule has 0 unspecified atom stereocenters. The van der Waals surface area contributed by atoms with Crippen LogP contribution in [0.15, 0.2) is 36.7 Å². The number of amides is 1. The second-order valence-electron chi connectivity index (χ2n) is 5.37. The van der Waals surface area contributed by atoms with Gasteiger partial charge in [0.15, 0.2) is 17.4 Å². The lowest BCUT2D eigenvalue weighted by molar-refractivity contribution is 0.0945. The van der Waals surface area contributed by atoms with Gasteiger partial charge < -0.3 is 10.1 Å². The number of aromatic nitrogens is 4. The number of hydrogen-bond donors (Lipinski definition) is 2. The zero-order chi connectivity index (χ0) is 17.8. The number of nitrogens with one attached hydrogen (secondary N) is 2. The van der Waals surface area contributed by atoms with E-state index in [2.05, 4.69) is 25.5 Å². The van der Waals surface area contributed by atoms with Crippen molar-refractivity contribution in [3.63, 3.8) is 0 Å². The SMILES string of the molecule is COc1cc(CNC(=O)c2cc(-c3ncn[nH]3)cc(C)n2)ccc1F. The molecule has 25 heavy (non-hydrogen) atoms. The third-order valence-corrected chi connectivity index (χ3v) is 3.54. The van der Waals surface area contributed by atoms with Crippen molar-refractivity contribution >= 4 is 5.91 Å². The Kier molecular flexibility index (Phi) is 4.69. The Balaban J connectivity index is 1.75. The lowest BCUT2D eigenvalue weighted by Gasteiger charge is -2.09. The summed E-state index contributed by atoms with van der Waals surface area (Å²) in [5.41, 5.74) is 2.39. The Labute approximate surface area is 143 Å². The fourth-order valence-electron chi connectivity index (χ4n) is 2.35. The predicted octanol–water partition coefficient (Wildman–Crippen LogP) is 2.25. The van der Waals surface area contributed by atoms with Crippen LogP contribution in [0.4, 0.5) is 4.39 Å². The second kappa shape index (κ2) is 7.08. The van der Waals surface area contributed by atoms with Crippen molar-refractivity contribution in [2.45, 2.75) is 13.5 Å². The summed E-state index contributed by atoms with van der Waals surface area (Å²) in [5.74, 6) is -0.0989. The highest BCUT2D eigenvalue weighted by atomic mass is 19.1. The molecule has 8 heteroatoms. The highest BCUT2D eigenvalue weighted by Gasteiger charge is 2.12. The lowest BCUT2D eigenvalue weighted by atomic mass is 10.1. The quantitative estimate of drug-likeness (QED) is 0.742. The maximum atomic E-state index is 13.4. The first-order valence-corrected chi connectivity index (χ1v) is 7.52. The van der Waals surface area contributed by atoms with E-state index in [1.165, 1.54) is 19.5 Å². The van der Waals surface area contributed by atoms with Gasteiger partial charge in [0.05, 0.1) is 7.11 Å². The molecule has 1 aromatic carbocycles. The number of ether oxygens (including phenoxy) is 1. The maximum absolute atomic E-state index is 13.4. The minimum atomic E-state index is -0.449. The van der Waals surface area contributed by atoms with Gasteiger partial charge in [0, 0.05) is 17.8 Å². The van der Waals surface area contributed by atoms with Gasteiger partial charge in [0.25, 0.3) is 5.91 Å². The van der Waals surface area contributed by atoms with Crippen LogP contribution in [0.1, 0.15) is 21.7 Å². The average molecular weight is 341 g/mol. The zero-order valence-electron chi connectivity index (χ0n) is 13.7. The van der Waals surface area contributed by atoms with Gasteiger partial charge in [0.1, 0.15) is 12.0 Å². The van der Waals surface area contributed by atoms with Crippen LogP contribution in [0, 0.1) is 12.7 Å². The molecule has 2 aromatic heterocycles. The number of nitrogens with zero attached hydrogens (tertiary/aromatic N) is 3. The molecule has 128 valence electrons. The van der Waals surface area contributed by atoms with Gasteiger partial charge in [-0.1, -0.05) is 6.07 Å². The summed E-state index contributed by atoms with van der Waals surface area (Å²) in [6, 6.07) is 7.87. The average Bonchev–Trinajstić information content (AvgIpc) is 3.15. The number of pyridine rings is 1. The first-order chi connectivity index (χ1) is 12.1. The number of methoxy groups -OCH3 is 1. The van der Waals surface area contributed by atoms with E-state index >= 15 is 0 Å². The van der Waals surface area contributed by atoms with Crippen LogP contribution in [0.25, 0.3) is 11.4 Å². The monoisotopic (exact) mass is 341 g/mol. The predicted molar refractivity (Wildman–Crippen MR) is 88.5 cm³/mol. The van der Waals surface area contributed by atoms with Gasteiger partial charge in [-0.15, -0.1) is 0 Å². The molecule has 7 nitrogen and oxygen atoms in total. The van der Waals surface area contributed by atoms with E-state index in [9.17, 15) is 9.18 Å². The molecule has 0 aliphatic heterocycles. The van der Waals surface area contributed by atoms with Crippen molar-refractivity contribution < 1.29 is 13.9 Å². The van der Waals surface area contributed by atoms with Crippen LogP contribution in [-0.4, -0.2) is 33.2 Å². The van der Waals surface area contributed by atoms with Crippen molar-refractivity contribution in [1.29, 1.82) is 0 Å². The second-order valence-corrected chi connectivity index (χ2v) is 5.37. The van der Waals surface area contributed by atoms with Gasteiger partial charge in [-0.3, -0.25) is 9.89 Å². The summed E-state index contributed by atoms with van der Waals surface area (Å²) in [4.78, 5) is 20.7. The van der Waals surface area contributed by atoms with E-state index in [-0.39, 0.29) is 23.9 Å². The molecule has 3 aromatic rings. The van der Waals surface area contributed by atoms with Crippen molar-refractivity contribution in [3.05, 3.63) is 59.4 Å². The van der Waals surface area contributed by atoms with Gasteiger partial charge in [-0.25, -0.2) is 14.4 Å². The lowest BCUT2D eigenvalue weighted by Crippen LogP contribution is -2.24. The Hall–Kier alpha value is -3.29. The van der Waals surface area contributed by atoms with Gasteiger partial charge in [-0.2, -0.15) is 5.10 Å². The van der Waals surface area contributed by atoms with Crippen molar-refractivity contribution in [2.24, 2.45) is 0 Å². The molecule has 2 heterocycles. The fraction of sp³-hybridized carbons (Fsp3) is 0.176. The van der Waals surface area contributed by atoms with E-state index in [4.69, 9.17) is 4.74 Å². The van der Waals surface area contributed by atoms with Crippen LogP contribution < -0.4 is 10.1 Å². The first kappa shape index (κ1) is 16.6. The van der Waals surface area contributed by atoms with Crippen LogP contribution in [0.5, 0.6) is 5.75 Å². The molecule has 0 spiro atoms. The zero-order valence-corrected chi connectivity index (χ0v) is 13.7. The number of benzene rings is 1. The van der Waals surface area contributed by atoms with Gasteiger partial charge in [-0.05, 0) is 36.8 Å². The highest BCUT2D eigenvalue weighted by molar-refractivity contribution is 5.93. The molecule has 3 rings (SSSR count). The number of carbonyl (C=O) groups is 1. The molecule has 0 aliphatic rings. The van der Waals surface area contributed by atoms with Crippen LogP contribution in [0.3, 0.4) is 0 Å². The molecule has 0 bridgehead atoms. The number of H-pyrrole nitrogens is 1. The molecule has 0 radical (unpaired) electrons. The van der Waals surface area contributed by atoms with E-state index in [1.807, 2.05) is 6.07 Å². The molecule has 0 saturated carbocycles. The summed E-state index contributed by atoms with van der Waals surface area (Å²) in [5, 5.41) is 9.32. The van der Waals surface area contributed by atoms with E-state index in [0.717, 1.165) is 11.1 Å². The van der Waals surface area contributed by atoms with Crippen LogP contribution in [0.2, 0.25) is 0 Å². The molecular formula is C17H16FN5O2. The Bertz CT molecular complexity index is 896. The Morgan fingerprint density at radius 3 is 2.88 bits per heavy atom. The fourth-order valence-corrected chi connectivity index (χ4v) is 2.35. The molecule has 0 atom stereocenters. The molecule has 0 aliphatic carbocycles. The number of aryl methyl sites for hydroxylation is 1. The number of hydrogen-bond acceptors (Lipinski definition) is 5. The number of carbonyl (C=O) groups excluding carboxylic acids is 1. The highest BCUT2D eigenvalue weighted by Crippen LogP contribution is 2.19. The summed E-state index contributed by atoms with van der Waals surface area (Å²) in [6.07, 6.45) is 1.40. The minimum absolute atomic E-state index is 0.132. The van der Waals surface area contributed by atoms with E-state index in [1.54, 1.807) is 25.1 Å². The third kappa shape index (κ3) is 3.79. The number of aromatic amines is 1. The first-order valence-electron chi connectivity index (χ1n) is 7.52. The van der Waals surface area contributed by atoms with Crippen molar-refractivity contribution in [1.82, 2.24) is 25.5 Å². The van der Waals surface area contributed by atoms with Gasteiger partial charge >= 0.3 is 0 Å². The summed E-state index contributed by atoms with van der Waals surface area (Å²) < 4.78 is 18.4. The molecule has 0 saturated heterocycles. The molecular weight excluding hydrogens is 325 g/mol. The number of rotatable bonds is 5.